The lowest BCUT2D eigenvalue weighted by Crippen LogP contribution is -2.39. The molecule has 232 valence electrons. The van der Waals surface area contributed by atoms with Gasteiger partial charge in [0.05, 0.1) is 23.4 Å². The molecular formula is C35H67O4-. The fraction of sp³-hybridized carbons (Fsp3) is 0.914. The predicted molar refractivity (Wildman–Crippen MR) is 167 cm³/mol. The second-order valence-electron chi connectivity index (χ2n) is 13.7. The van der Waals surface area contributed by atoms with E-state index in [1.807, 2.05) is 13.8 Å². The molecular weight excluding hydrogens is 484 g/mol. The number of hydrogen-bond donors (Lipinski definition) is 3. The molecule has 0 heterocycles. The zero-order chi connectivity index (χ0) is 29.3. The zero-order valence-electron chi connectivity index (χ0n) is 27.0. The molecule has 1 rings (SSSR count). The lowest BCUT2D eigenvalue weighted by atomic mass is 9.76. The van der Waals surface area contributed by atoms with Crippen molar-refractivity contribution in [1.82, 2.24) is 0 Å². The summed E-state index contributed by atoms with van der Waals surface area (Å²) in [5, 5.41) is 32.1. The summed E-state index contributed by atoms with van der Waals surface area (Å²) in [7, 11) is 0. The van der Waals surface area contributed by atoms with Crippen LogP contribution in [0.1, 0.15) is 158 Å². The van der Waals surface area contributed by atoms with E-state index in [1.54, 1.807) is 0 Å². The summed E-state index contributed by atoms with van der Waals surface area (Å²) in [6, 6.07) is 0. The molecule has 1 aliphatic rings. The third-order valence-electron chi connectivity index (χ3n) is 9.37. The van der Waals surface area contributed by atoms with Crippen molar-refractivity contribution in [2.45, 2.75) is 181 Å². The van der Waals surface area contributed by atoms with E-state index in [0.717, 1.165) is 83.7 Å². The van der Waals surface area contributed by atoms with Crippen molar-refractivity contribution in [1.29, 1.82) is 0 Å². The number of rotatable bonds is 23. The maximum atomic E-state index is 10.9. The van der Waals surface area contributed by atoms with Crippen LogP contribution in [0.4, 0.5) is 0 Å². The maximum absolute atomic E-state index is 10.9. The standard InChI is InChI=1S/C35H67O4/c1-8-10-12-13-14-16-26-39-33-30(5)29(4)32(36)27-31(33)21-20-28(3)19-17-23-35(7,38)25-18-24-34(6,37)22-15-11-9-2/h9,27-30,32-33,36-38H,8,10-26H2,1-7H3/q-1. The number of hydrogen-bond acceptors (Lipinski definition) is 4. The molecule has 3 N–H and O–H groups in total. The Morgan fingerprint density at radius 3 is 2.08 bits per heavy atom. The second-order valence-corrected chi connectivity index (χ2v) is 13.7. The van der Waals surface area contributed by atoms with Gasteiger partial charge >= 0.3 is 0 Å². The average Bonchev–Trinajstić information content (AvgIpc) is 2.86. The molecule has 0 saturated heterocycles. The fourth-order valence-corrected chi connectivity index (χ4v) is 6.14. The molecule has 0 aromatic rings. The van der Waals surface area contributed by atoms with Gasteiger partial charge in [-0.25, -0.2) is 0 Å². The largest absolute Gasteiger partial charge is 0.390 e. The minimum absolute atomic E-state index is 0.129. The fourth-order valence-electron chi connectivity index (χ4n) is 6.14. The zero-order valence-corrected chi connectivity index (χ0v) is 27.0. The summed E-state index contributed by atoms with van der Waals surface area (Å²) in [5.74, 6) is 1.13. The van der Waals surface area contributed by atoms with Gasteiger partial charge in [0, 0.05) is 6.61 Å². The predicted octanol–water partition coefficient (Wildman–Crippen LogP) is 8.96. The molecule has 4 heteroatoms. The smallest absolute Gasteiger partial charge is 0.0815 e. The van der Waals surface area contributed by atoms with Crippen LogP contribution in [0.5, 0.6) is 0 Å². The molecule has 39 heavy (non-hydrogen) atoms. The molecule has 0 saturated carbocycles. The summed E-state index contributed by atoms with van der Waals surface area (Å²) >= 11 is 0. The van der Waals surface area contributed by atoms with Crippen molar-refractivity contribution < 1.29 is 20.1 Å². The van der Waals surface area contributed by atoms with Crippen LogP contribution in [0.15, 0.2) is 11.6 Å². The molecule has 7 unspecified atom stereocenters. The summed E-state index contributed by atoms with van der Waals surface area (Å²) in [6.45, 7) is 15.7. The molecule has 1 aliphatic carbocycles. The highest BCUT2D eigenvalue weighted by Crippen LogP contribution is 2.35. The van der Waals surface area contributed by atoms with Crippen LogP contribution in [-0.4, -0.2) is 45.3 Å². The minimum atomic E-state index is -0.663. The first-order valence-corrected chi connectivity index (χ1v) is 16.6. The third-order valence-corrected chi connectivity index (χ3v) is 9.37. The van der Waals surface area contributed by atoms with Crippen LogP contribution in [0.25, 0.3) is 0 Å². The third kappa shape index (κ3) is 16.0. The van der Waals surface area contributed by atoms with E-state index in [0.29, 0.717) is 11.8 Å². The van der Waals surface area contributed by atoms with Crippen molar-refractivity contribution in [3.05, 3.63) is 18.1 Å². The quantitative estimate of drug-likeness (QED) is 0.0673. The van der Waals surface area contributed by atoms with Crippen molar-refractivity contribution in [2.75, 3.05) is 6.61 Å². The summed E-state index contributed by atoms with van der Waals surface area (Å²) in [4.78, 5) is 0. The molecule has 0 radical (unpaired) electrons. The second kappa shape index (κ2) is 19.7. The molecule has 0 spiro atoms. The minimum Gasteiger partial charge on any atom is -0.390 e. The average molecular weight is 552 g/mol. The van der Waals surface area contributed by atoms with Gasteiger partial charge in [-0.3, -0.25) is 0 Å². The van der Waals surface area contributed by atoms with E-state index < -0.39 is 11.2 Å². The molecule has 4 nitrogen and oxygen atoms in total. The Morgan fingerprint density at radius 1 is 0.846 bits per heavy atom. The van der Waals surface area contributed by atoms with Crippen molar-refractivity contribution >= 4 is 0 Å². The number of aliphatic hydroxyl groups is 3. The normalized spacial score (nSPS) is 25.6. The number of unbranched alkanes of at least 4 members (excludes halogenated alkanes) is 7. The van der Waals surface area contributed by atoms with Crippen LogP contribution in [0, 0.1) is 24.2 Å². The molecule has 0 aromatic heterocycles. The van der Waals surface area contributed by atoms with Crippen LogP contribution in [-0.2, 0) is 4.74 Å². The first-order valence-electron chi connectivity index (χ1n) is 16.6. The first-order chi connectivity index (χ1) is 18.4. The first kappa shape index (κ1) is 36.6. The van der Waals surface area contributed by atoms with E-state index >= 15 is 0 Å². The van der Waals surface area contributed by atoms with Gasteiger partial charge in [0.2, 0.25) is 0 Å². The van der Waals surface area contributed by atoms with E-state index in [4.69, 9.17) is 4.74 Å². The van der Waals surface area contributed by atoms with Crippen LogP contribution in [0.2, 0.25) is 0 Å². The van der Waals surface area contributed by atoms with Gasteiger partial charge in [0.1, 0.15) is 0 Å². The van der Waals surface area contributed by atoms with Gasteiger partial charge in [-0.1, -0.05) is 85.1 Å². The number of ether oxygens (including phenoxy) is 1. The van der Waals surface area contributed by atoms with Crippen LogP contribution >= 0.6 is 0 Å². The SMILES string of the molecule is C[CH-]CCCC(C)(O)CCCC(C)(O)CCCC(C)CCC1=CC(O)C(C)C(C)C1OCCCCCCCC. The summed E-state index contributed by atoms with van der Waals surface area (Å²) in [5.41, 5.74) is 0.00617. The van der Waals surface area contributed by atoms with Crippen molar-refractivity contribution in [3.63, 3.8) is 0 Å². The van der Waals surface area contributed by atoms with Gasteiger partial charge in [-0.15, -0.1) is 0 Å². The van der Waals surface area contributed by atoms with Gasteiger partial charge < -0.3 is 26.5 Å². The summed E-state index contributed by atoms with van der Waals surface area (Å²) < 4.78 is 6.45. The molecule has 0 aliphatic heterocycles. The van der Waals surface area contributed by atoms with E-state index in [2.05, 4.69) is 47.1 Å². The van der Waals surface area contributed by atoms with Gasteiger partial charge in [0.25, 0.3) is 0 Å². The van der Waals surface area contributed by atoms with E-state index in [1.165, 1.54) is 37.7 Å². The van der Waals surface area contributed by atoms with Gasteiger partial charge in [0.15, 0.2) is 0 Å². The molecule has 0 amide bonds. The number of aliphatic hydroxyl groups excluding tert-OH is 1. The lowest BCUT2D eigenvalue weighted by Gasteiger charge is -2.38. The van der Waals surface area contributed by atoms with Crippen LogP contribution in [0.3, 0.4) is 0 Å². The highest BCUT2D eigenvalue weighted by Gasteiger charge is 2.34. The molecule has 7 atom stereocenters. The highest BCUT2D eigenvalue weighted by atomic mass is 16.5. The van der Waals surface area contributed by atoms with E-state index in [-0.39, 0.29) is 18.1 Å². The van der Waals surface area contributed by atoms with Crippen molar-refractivity contribution in [3.8, 4) is 0 Å². The Labute approximate surface area is 243 Å². The molecule has 0 bridgehead atoms. The Kier molecular flexibility index (Phi) is 18.4. The monoisotopic (exact) mass is 552 g/mol. The topological polar surface area (TPSA) is 69.9 Å². The molecule has 0 aromatic carbocycles. The lowest BCUT2D eigenvalue weighted by molar-refractivity contribution is -0.0127. The van der Waals surface area contributed by atoms with Gasteiger partial charge in [-0.05, 0) is 88.5 Å². The van der Waals surface area contributed by atoms with Gasteiger partial charge in [-0.2, -0.15) is 13.3 Å². The Balaban J connectivity index is 2.41. The Hall–Kier alpha value is -0.420. The highest BCUT2D eigenvalue weighted by molar-refractivity contribution is 5.18. The molecule has 0 fully saturated rings. The Bertz CT molecular complexity index is 641. The van der Waals surface area contributed by atoms with Crippen molar-refractivity contribution in [2.24, 2.45) is 17.8 Å². The van der Waals surface area contributed by atoms with Crippen LogP contribution < -0.4 is 0 Å². The maximum Gasteiger partial charge on any atom is 0.0815 e. The Morgan fingerprint density at radius 2 is 1.44 bits per heavy atom. The summed E-state index contributed by atoms with van der Waals surface area (Å²) in [6.07, 6.45) is 21.9. The van der Waals surface area contributed by atoms with E-state index in [9.17, 15) is 15.3 Å².